The molecule has 0 unspecified atom stereocenters. The number of carbonyl (C=O) groups excluding carboxylic acids is 1. The smallest absolute Gasteiger partial charge is 0.276 e. The Balaban J connectivity index is 1.66. The third-order valence-corrected chi connectivity index (χ3v) is 3.45. The van der Waals surface area contributed by atoms with E-state index in [1.54, 1.807) is 13.2 Å². The summed E-state index contributed by atoms with van der Waals surface area (Å²) < 4.78 is 5.14. The summed E-state index contributed by atoms with van der Waals surface area (Å²) in [6.07, 6.45) is 0.676. The van der Waals surface area contributed by atoms with Gasteiger partial charge in [-0.05, 0) is 35.9 Å². The van der Waals surface area contributed by atoms with Gasteiger partial charge >= 0.3 is 0 Å². The Labute approximate surface area is 134 Å². The van der Waals surface area contributed by atoms with Crippen LogP contribution in [0, 0.1) is 0 Å². The Morgan fingerprint density at radius 3 is 2.57 bits per heavy atom. The second-order valence-corrected chi connectivity index (χ2v) is 5.12. The second kappa shape index (κ2) is 6.79. The molecule has 0 saturated carbocycles. The van der Waals surface area contributed by atoms with Crippen LogP contribution >= 0.6 is 0 Å². The number of aromatic amines is 1. The number of benzene rings is 2. The highest BCUT2D eigenvalue weighted by molar-refractivity contribution is 6.02. The molecule has 0 fully saturated rings. The molecule has 0 aliphatic carbocycles. The van der Waals surface area contributed by atoms with Crippen LogP contribution in [0.3, 0.4) is 0 Å². The van der Waals surface area contributed by atoms with Gasteiger partial charge in [-0.3, -0.25) is 9.89 Å². The van der Waals surface area contributed by atoms with Crippen LogP contribution in [0.5, 0.6) is 5.75 Å². The molecule has 0 aliphatic rings. The highest BCUT2D eigenvalue weighted by Crippen LogP contribution is 2.15. The number of nitrogens with zero attached hydrogens (tertiary/aromatic N) is 1. The first-order valence-corrected chi connectivity index (χ1v) is 7.28. The molecule has 0 radical (unpaired) electrons. The number of ether oxygens (including phenoxy) is 1. The van der Waals surface area contributed by atoms with Gasteiger partial charge in [-0.2, -0.15) is 5.10 Å². The predicted molar refractivity (Wildman–Crippen MR) is 88.8 cm³/mol. The van der Waals surface area contributed by atoms with E-state index in [0.717, 1.165) is 22.7 Å². The second-order valence-electron chi connectivity index (χ2n) is 5.12. The van der Waals surface area contributed by atoms with Crippen molar-refractivity contribution in [3.8, 4) is 5.75 Å². The number of hydrogen-bond donors (Lipinski definition) is 2. The van der Waals surface area contributed by atoms with Gasteiger partial charge < -0.3 is 10.1 Å². The molecular weight excluding hydrogens is 290 g/mol. The fraction of sp³-hybridized carbons (Fsp3) is 0.111. The van der Waals surface area contributed by atoms with Crippen LogP contribution in [0.25, 0.3) is 0 Å². The van der Waals surface area contributed by atoms with Crippen molar-refractivity contribution in [1.29, 1.82) is 0 Å². The minimum absolute atomic E-state index is 0.228. The maximum absolute atomic E-state index is 12.2. The van der Waals surface area contributed by atoms with E-state index in [1.807, 2.05) is 54.6 Å². The molecule has 1 heterocycles. The minimum Gasteiger partial charge on any atom is -0.497 e. The quantitative estimate of drug-likeness (QED) is 0.760. The van der Waals surface area contributed by atoms with Crippen molar-refractivity contribution in [3.05, 3.63) is 77.6 Å². The van der Waals surface area contributed by atoms with E-state index in [4.69, 9.17) is 4.74 Å². The third kappa shape index (κ3) is 3.77. The summed E-state index contributed by atoms with van der Waals surface area (Å²) in [4.78, 5) is 12.2. The Morgan fingerprint density at radius 1 is 1.13 bits per heavy atom. The molecule has 0 bridgehead atoms. The van der Waals surface area contributed by atoms with Crippen molar-refractivity contribution in [1.82, 2.24) is 10.2 Å². The van der Waals surface area contributed by atoms with Crippen LogP contribution < -0.4 is 10.1 Å². The van der Waals surface area contributed by atoms with Gasteiger partial charge in [0, 0.05) is 17.8 Å². The Kier molecular flexibility index (Phi) is 4.38. The average Bonchev–Trinajstić information content (AvgIpc) is 3.05. The molecule has 0 aliphatic heterocycles. The third-order valence-electron chi connectivity index (χ3n) is 3.45. The summed E-state index contributed by atoms with van der Waals surface area (Å²) in [7, 11) is 1.64. The lowest BCUT2D eigenvalue weighted by molar-refractivity contribution is 0.102. The monoisotopic (exact) mass is 307 g/mol. The molecule has 2 N–H and O–H groups in total. The molecule has 5 nitrogen and oxygen atoms in total. The molecule has 3 rings (SSSR count). The van der Waals surface area contributed by atoms with Gasteiger partial charge in [0.1, 0.15) is 5.75 Å². The van der Waals surface area contributed by atoms with Gasteiger partial charge in [0.15, 0.2) is 5.69 Å². The minimum atomic E-state index is -0.228. The first-order valence-electron chi connectivity index (χ1n) is 7.28. The standard InChI is InChI=1S/C18H17N3O2/c1-23-16-9-7-13(8-10-16)11-15-12-17(21-20-15)18(22)19-14-5-3-2-4-6-14/h2-10,12H,11H2,1H3,(H,19,22)(H,20,21). The first-order chi connectivity index (χ1) is 11.2. The number of H-pyrrole nitrogens is 1. The normalized spacial score (nSPS) is 10.3. The molecule has 3 aromatic rings. The molecule has 0 saturated heterocycles. The number of para-hydroxylation sites is 1. The number of rotatable bonds is 5. The van der Waals surface area contributed by atoms with Crippen LogP contribution in [0.15, 0.2) is 60.7 Å². The van der Waals surface area contributed by atoms with Gasteiger partial charge in [-0.15, -0.1) is 0 Å². The van der Waals surface area contributed by atoms with Crippen LogP contribution in [-0.4, -0.2) is 23.2 Å². The number of anilines is 1. The number of aromatic nitrogens is 2. The molecule has 1 aromatic heterocycles. The molecule has 2 aromatic carbocycles. The maximum Gasteiger partial charge on any atom is 0.276 e. The average molecular weight is 307 g/mol. The molecule has 5 heteroatoms. The van der Waals surface area contributed by atoms with Gasteiger partial charge in [0.25, 0.3) is 5.91 Å². The number of carbonyl (C=O) groups is 1. The van der Waals surface area contributed by atoms with E-state index in [-0.39, 0.29) is 5.91 Å². The van der Waals surface area contributed by atoms with Crippen molar-refractivity contribution < 1.29 is 9.53 Å². The van der Waals surface area contributed by atoms with E-state index >= 15 is 0 Å². The summed E-state index contributed by atoms with van der Waals surface area (Å²) in [5, 5.41) is 9.80. The zero-order valence-electron chi connectivity index (χ0n) is 12.7. The summed E-state index contributed by atoms with van der Waals surface area (Å²) in [6.45, 7) is 0. The topological polar surface area (TPSA) is 67.0 Å². The van der Waals surface area contributed by atoms with E-state index in [2.05, 4.69) is 15.5 Å². The number of nitrogens with one attached hydrogen (secondary N) is 2. The Morgan fingerprint density at radius 2 is 1.87 bits per heavy atom. The molecule has 116 valence electrons. The van der Waals surface area contributed by atoms with Crippen molar-refractivity contribution in [2.45, 2.75) is 6.42 Å². The number of methoxy groups -OCH3 is 1. The Hall–Kier alpha value is -3.08. The SMILES string of the molecule is COc1ccc(Cc2cc(C(=O)Nc3ccccc3)n[nH]2)cc1. The van der Waals surface area contributed by atoms with Gasteiger partial charge in [-0.1, -0.05) is 30.3 Å². The van der Waals surface area contributed by atoms with E-state index < -0.39 is 0 Å². The fourth-order valence-corrected chi connectivity index (χ4v) is 2.25. The van der Waals surface area contributed by atoms with Crippen LogP contribution in [-0.2, 0) is 6.42 Å². The molecular formula is C18H17N3O2. The van der Waals surface area contributed by atoms with E-state index in [0.29, 0.717) is 12.1 Å². The summed E-state index contributed by atoms with van der Waals surface area (Å²) in [6, 6.07) is 18.9. The lowest BCUT2D eigenvalue weighted by atomic mass is 10.1. The summed E-state index contributed by atoms with van der Waals surface area (Å²) in [5.74, 6) is 0.592. The van der Waals surface area contributed by atoms with Crippen LogP contribution in [0.1, 0.15) is 21.7 Å². The summed E-state index contributed by atoms with van der Waals surface area (Å²) >= 11 is 0. The lowest BCUT2D eigenvalue weighted by Gasteiger charge is -2.02. The number of amides is 1. The van der Waals surface area contributed by atoms with Gasteiger partial charge in [0.05, 0.1) is 7.11 Å². The first kappa shape index (κ1) is 14.8. The van der Waals surface area contributed by atoms with Crippen LogP contribution in [0.2, 0.25) is 0 Å². The summed E-state index contributed by atoms with van der Waals surface area (Å²) in [5.41, 5.74) is 3.12. The van der Waals surface area contributed by atoms with Gasteiger partial charge in [-0.25, -0.2) is 0 Å². The van der Waals surface area contributed by atoms with E-state index in [9.17, 15) is 4.79 Å². The molecule has 0 spiro atoms. The van der Waals surface area contributed by atoms with Crippen molar-refractivity contribution >= 4 is 11.6 Å². The largest absolute Gasteiger partial charge is 0.497 e. The lowest BCUT2D eigenvalue weighted by Crippen LogP contribution is -2.12. The number of hydrogen-bond acceptors (Lipinski definition) is 3. The van der Waals surface area contributed by atoms with Crippen molar-refractivity contribution in [2.24, 2.45) is 0 Å². The van der Waals surface area contributed by atoms with E-state index in [1.165, 1.54) is 0 Å². The molecule has 1 amide bonds. The fourth-order valence-electron chi connectivity index (χ4n) is 2.25. The van der Waals surface area contributed by atoms with Crippen molar-refractivity contribution in [2.75, 3.05) is 12.4 Å². The zero-order chi connectivity index (χ0) is 16.1. The maximum atomic E-state index is 12.2. The van der Waals surface area contributed by atoms with Crippen molar-refractivity contribution in [3.63, 3.8) is 0 Å². The molecule has 23 heavy (non-hydrogen) atoms. The highest BCUT2D eigenvalue weighted by atomic mass is 16.5. The Bertz CT molecular complexity index is 780. The molecule has 0 atom stereocenters. The highest BCUT2D eigenvalue weighted by Gasteiger charge is 2.11. The van der Waals surface area contributed by atoms with Gasteiger partial charge in [0.2, 0.25) is 0 Å². The predicted octanol–water partition coefficient (Wildman–Crippen LogP) is 3.26. The van der Waals surface area contributed by atoms with Crippen LogP contribution in [0.4, 0.5) is 5.69 Å². The zero-order valence-corrected chi connectivity index (χ0v) is 12.7.